The predicted molar refractivity (Wildman–Crippen MR) is 88.6 cm³/mol. The molecule has 21 heavy (non-hydrogen) atoms. The summed E-state index contributed by atoms with van der Waals surface area (Å²) in [6.07, 6.45) is 0. The summed E-state index contributed by atoms with van der Waals surface area (Å²) in [7, 11) is 0. The van der Waals surface area contributed by atoms with Gasteiger partial charge in [0.05, 0.1) is 24.5 Å². The second kappa shape index (κ2) is 7.07. The highest BCUT2D eigenvalue weighted by Crippen LogP contribution is 2.24. The van der Waals surface area contributed by atoms with Crippen LogP contribution in [0.25, 0.3) is 0 Å². The van der Waals surface area contributed by atoms with Gasteiger partial charge in [0.25, 0.3) is 0 Å². The minimum absolute atomic E-state index is 0.00453. The molecule has 7 heteroatoms. The average Bonchev–Trinajstić information content (AvgIpc) is 2.68. The molecule has 3 heterocycles. The van der Waals surface area contributed by atoms with Crippen molar-refractivity contribution >= 4 is 29.4 Å². The molecule has 1 amide bonds. The van der Waals surface area contributed by atoms with Gasteiger partial charge in [-0.3, -0.25) is 14.4 Å². The highest BCUT2D eigenvalue weighted by atomic mass is 32.2. The van der Waals surface area contributed by atoms with Crippen molar-refractivity contribution in [2.24, 2.45) is 0 Å². The van der Waals surface area contributed by atoms with Gasteiger partial charge in [-0.05, 0) is 6.07 Å². The van der Waals surface area contributed by atoms with Crippen LogP contribution >= 0.6 is 23.5 Å². The second-order valence-corrected chi connectivity index (χ2v) is 7.83. The normalized spacial score (nSPS) is 20.8. The quantitative estimate of drug-likeness (QED) is 0.904. The number of fused-ring (bicyclic) bond motifs is 1. The number of thioether (sulfide) groups is 2. The molecule has 1 fully saturated rings. The lowest BCUT2D eigenvalue weighted by Gasteiger charge is -2.33. The van der Waals surface area contributed by atoms with Crippen LogP contribution in [0.1, 0.15) is 18.3 Å². The smallest absolute Gasteiger partial charge is 0.217 e. The van der Waals surface area contributed by atoms with Gasteiger partial charge in [-0.25, -0.2) is 0 Å². The van der Waals surface area contributed by atoms with E-state index in [2.05, 4.69) is 49.6 Å². The molecule has 116 valence electrons. The molecule has 1 N–H and O–H groups in total. The van der Waals surface area contributed by atoms with E-state index in [0.717, 1.165) is 25.3 Å². The number of rotatable bonds is 3. The SMILES string of the molecule is CC(=O)NCc1cc2n(n1)CCN(C1CSCCSC1)C2. The Morgan fingerprint density at radius 1 is 1.38 bits per heavy atom. The van der Waals surface area contributed by atoms with Gasteiger partial charge < -0.3 is 5.32 Å². The van der Waals surface area contributed by atoms with Crippen molar-refractivity contribution in [2.45, 2.75) is 32.6 Å². The lowest BCUT2D eigenvalue weighted by atomic mass is 10.2. The van der Waals surface area contributed by atoms with Gasteiger partial charge in [-0.2, -0.15) is 28.6 Å². The van der Waals surface area contributed by atoms with Gasteiger partial charge in [-0.1, -0.05) is 0 Å². The minimum atomic E-state index is -0.00453. The summed E-state index contributed by atoms with van der Waals surface area (Å²) in [5, 5.41) is 7.40. The molecule has 0 unspecified atom stereocenters. The van der Waals surface area contributed by atoms with Crippen LogP contribution in [0.2, 0.25) is 0 Å². The second-order valence-electron chi connectivity index (χ2n) is 5.53. The van der Waals surface area contributed by atoms with E-state index in [1.54, 1.807) is 6.92 Å². The Hall–Kier alpha value is -0.660. The lowest BCUT2D eigenvalue weighted by molar-refractivity contribution is -0.119. The Morgan fingerprint density at radius 2 is 2.14 bits per heavy atom. The van der Waals surface area contributed by atoms with Crippen LogP contribution in [0.4, 0.5) is 0 Å². The summed E-state index contributed by atoms with van der Waals surface area (Å²) >= 11 is 4.17. The Labute approximate surface area is 134 Å². The van der Waals surface area contributed by atoms with Crippen LogP contribution < -0.4 is 5.32 Å². The summed E-state index contributed by atoms with van der Waals surface area (Å²) in [6.45, 7) is 5.10. The Morgan fingerprint density at radius 3 is 2.86 bits per heavy atom. The standard InChI is InChI=1S/C14H22N4OS2/c1-11(19)15-7-12-6-13-8-17(2-3-18(13)16-12)14-9-20-4-5-21-10-14/h6,14H,2-5,7-10H2,1H3,(H,15,19). The van der Waals surface area contributed by atoms with Crippen molar-refractivity contribution in [2.75, 3.05) is 29.6 Å². The molecule has 5 nitrogen and oxygen atoms in total. The van der Waals surface area contributed by atoms with Crippen LogP contribution in [-0.4, -0.2) is 56.2 Å². The number of aromatic nitrogens is 2. The molecule has 0 saturated carbocycles. The largest absolute Gasteiger partial charge is 0.351 e. The van der Waals surface area contributed by atoms with E-state index in [0.29, 0.717) is 12.6 Å². The molecule has 0 aromatic carbocycles. The maximum Gasteiger partial charge on any atom is 0.217 e. The molecule has 0 atom stereocenters. The summed E-state index contributed by atoms with van der Waals surface area (Å²) in [4.78, 5) is 13.6. The van der Waals surface area contributed by atoms with Gasteiger partial charge >= 0.3 is 0 Å². The van der Waals surface area contributed by atoms with Crippen molar-refractivity contribution in [1.29, 1.82) is 0 Å². The van der Waals surface area contributed by atoms with Gasteiger partial charge in [0.15, 0.2) is 0 Å². The summed E-state index contributed by atoms with van der Waals surface area (Å²) in [5.41, 5.74) is 2.24. The number of nitrogens with one attached hydrogen (secondary N) is 1. The molecule has 0 bridgehead atoms. The zero-order valence-electron chi connectivity index (χ0n) is 12.4. The highest BCUT2D eigenvalue weighted by molar-refractivity contribution is 8.03. The minimum Gasteiger partial charge on any atom is -0.351 e. The summed E-state index contributed by atoms with van der Waals surface area (Å²) in [6, 6.07) is 2.82. The maximum atomic E-state index is 11.0. The topological polar surface area (TPSA) is 50.2 Å². The van der Waals surface area contributed by atoms with Gasteiger partial charge in [-0.15, -0.1) is 0 Å². The van der Waals surface area contributed by atoms with Crippen LogP contribution in [0.5, 0.6) is 0 Å². The molecule has 2 aliphatic rings. The molecule has 1 aromatic heterocycles. The number of hydrogen-bond acceptors (Lipinski definition) is 5. The highest BCUT2D eigenvalue weighted by Gasteiger charge is 2.25. The fourth-order valence-corrected chi connectivity index (χ4v) is 5.40. The third-order valence-corrected chi connectivity index (χ3v) is 6.39. The van der Waals surface area contributed by atoms with E-state index >= 15 is 0 Å². The zero-order valence-corrected chi connectivity index (χ0v) is 14.0. The number of nitrogens with zero attached hydrogens (tertiary/aromatic N) is 3. The fourth-order valence-electron chi connectivity index (χ4n) is 2.77. The van der Waals surface area contributed by atoms with Crippen LogP contribution in [0.15, 0.2) is 6.07 Å². The van der Waals surface area contributed by atoms with E-state index in [9.17, 15) is 4.79 Å². The molecule has 2 aliphatic heterocycles. The molecule has 1 saturated heterocycles. The fraction of sp³-hybridized carbons (Fsp3) is 0.714. The summed E-state index contributed by atoms with van der Waals surface area (Å²) < 4.78 is 2.10. The monoisotopic (exact) mass is 326 g/mol. The van der Waals surface area contributed by atoms with Crippen LogP contribution in [-0.2, 0) is 24.4 Å². The molecule has 3 rings (SSSR count). The van der Waals surface area contributed by atoms with Crippen molar-refractivity contribution in [3.8, 4) is 0 Å². The van der Waals surface area contributed by atoms with Crippen LogP contribution in [0.3, 0.4) is 0 Å². The first kappa shape index (κ1) is 15.2. The third-order valence-electron chi connectivity index (χ3n) is 3.91. The van der Waals surface area contributed by atoms with Crippen molar-refractivity contribution in [3.63, 3.8) is 0 Å². The first-order chi connectivity index (χ1) is 10.2. The van der Waals surface area contributed by atoms with Crippen molar-refractivity contribution < 1.29 is 4.79 Å². The molecule has 0 spiro atoms. The van der Waals surface area contributed by atoms with E-state index in [1.807, 2.05) is 0 Å². The number of carbonyl (C=O) groups excluding carboxylic acids is 1. The molecular formula is C14H22N4OS2. The third kappa shape index (κ3) is 3.96. The predicted octanol–water partition coefficient (Wildman–Crippen LogP) is 1.18. The summed E-state index contributed by atoms with van der Waals surface area (Å²) in [5.74, 6) is 5.07. The zero-order chi connectivity index (χ0) is 14.7. The molecule has 0 aliphatic carbocycles. The number of amides is 1. The lowest BCUT2D eigenvalue weighted by Crippen LogP contribution is -2.43. The van der Waals surface area contributed by atoms with Crippen molar-refractivity contribution in [1.82, 2.24) is 20.0 Å². The van der Waals surface area contributed by atoms with E-state index in [-0.39, 0.29) is 5.91 Å². The average molecular weight is 326 g/mol. The van der Waals surface area contributed by atoms with Crippen LogP contribution in [0, 0.1) is 0 Å². The van der Waals surface area contributed by atoms with E-state index < -0.39 is 0 Å². The first-order valence-corrected chi connectivity index (χ1v) is 9.73. The Kier molecular flexibility index (Phi) is 5.13. The van der Waals surface area contributed by atoms with Gasteiger partial charge in [0, 0.05) is 49.1 Å². The van der Waals surface area contributed by atoms with E-state index in [4.69, 9.17) is 0 Å². The number of carbonyl (C=O) groups is 1. The Balaban J connectivity index is 1.63. The van der Waals surface area contributed by atoms with Gasteiger partial charge in [0.1, 0.15) is 0 Å². The first-order valence-electron chi connectivity index (χ1n) is 7.42. The molecular weight excluding hydrogens is 304 g/mol. The van der Waals surface area contributed by atoms with E-state index in [1.165, 1.54) is 28.7 Å². The molecule has 0 radical (unpaired) electrons. The van der Waals surface area contributed by atoms with Crippen molar-refractivity contribution in [3.05, 3.63) is 17.5 Å². The maximum absolute atomic E-state index is 11.0. The van der Waals surface area contributed by atoms with Gasteiger partial charge in [0.2, 0.25) is 5.91 Å². The number of hydrogen-bond donors (Lipinski definition) is 1. The Bertz CT molecular complexity index is 497. The molecule has 1 aromatic rings.